The lowest BCUT2D eigenvalue weighted by atomic mass is 10.0. The molecule has 10 heteroatoms. The molecule has 0 atom stereocenters. The molecule has 10 aromatic rings. The van der Waals surface area contributed by atoms with Gasteiger partial charge in [-0.2, -0.15) is 0 Å². The molecule has 296 valence electrons. The van der Waals surface area contributed by atoms with Gasteiger partial charge in [0.2, 0.25) is 0 Å². The van der Waals surface area contributed by atoms with E-state index in [0.29, 0.717) is 11.6 Å². The van der Waals surface area contributed by atoms with Gasteiger partial charge in [0.05, 0.1) is 22.8 Å². The van der Waals surface area contributed by atoms with E-state index in [1.165, 1.54) is 0 Å². The Labute approximate surface area is 375 Å². The first-order chi connectivity index (χ1) is 30.5. The van der Waals surface area contributed by atoms with E-state index in [0.717, 1.165) is 87.4 Å². The van der Waals surface area contributed by atoms with Gasteiger partial charge in [-0.3, -0.25) is 19.9 Å². The van der Waals surface area contributed by atoms with Crippen LogP contribution >= 0.6 is 31.9 Å². The van der Waals surface area contributed by atoms with Gasteiger partial charge in [0, 0.05) is 91.9 Å². The van der Waals surface area contributed by atoms with Crippen LogP contribution in [0, 0.1) is 0 Å². The molecule has 0 bridgehead atoms. The molecule has 62 heavy (non-hydrogen) atoms. The predicted molar refractivity (Wildman–Crippen MR) is 254 cm³/mol. The summed E-state index contributed by atoms with van der Waals surface area (Å²) in [5, 5.41) is 0. The number of pyridine rings is 4. The van der Waals surface area contributed by atoms with Crippen LogP contribution in [0.1, 0.15) is 0 Å². The number of aromatic nitrogens is 8. The van der Waals surface area contributed by atoms with Crippen molar-refractivity contribution in [1.82, 2.24) is 39.9 Å². The molecule has 0 aliphatic carbocycles. The Morgan fingerprint density at radius 1 is 0.258 bits per heavy atom. The fourth-order valence-electron chi connectivity index (χ4n) is 6.76. The van der Waals surface area contributed by atoms with Crippen molar-refractivity contribution >= 4 is 31.9 Å². The fourth-order valence-corrected chi connectivity index (χ4v) is 7.56. The lowest BCUT2D eigenvalue weighted by Gasteiger charge is -2.10. The summed E-state index contributed by atoms with van der Waals surface area (Å²) in [7, 11) is 0. The topological polar surface area (TPSA) is 103 Å². The van der Waals surface area contributed by atoms with Gasteiger partial charge in [0.25, 0.3) is 0 Å². The van der Waals surface area contributed by atoms with E-state index in [9.17, 15) is 0 Å². The van der Waals surface area contributed by atoms with Crippen LogP contribution in [0.5, 0.6) is 0 Å². The molecule has 10 rings (SSSR count). The maximum Gasteiger partial charge on any atom is 0.161 e. The predicted octanol–water partition coefficient (Wildman–Crippen LogP) is 13.4. The van der Waals surface area contributed by atoms with Crippen molar-refractivity contribution in [2.45, 2.75) is 0 Å². The molecule has 0 unspecified atom stereocenters. The Bertz CT molecular complexity index is 2850. The SMILES string of the molecule is Brc1cccc(-c2cc(-c3ccc(-c4cccnc4)cc3)nc(-c3cccnc3)n2)c1.Brc1cccc(-c2cc(-c3ccc(-c4cccnc4)cc3)nc(-c3cccnc3)n2)c1. The molecule has 0 N–H and O–H groups in total. The third kappa shape index (κ3) is 9.63. The summed E-state index contributed by atoms with van der Waals surface area (Å²) >= 11 is 7.12. The second-order valence-electron chi connectivity index (χ2n) is 14.1. The second-order valence-corrected chi connectivity index (χ2v) is 15.9. The zero-order chi connectivity index (χ0) is 42.1. The summed E-state index contributed by atoms with van der Waals surface area (Å²) in [6.45, 7) is 0. The van der Waals surface area contributed by atoms with E-state index >= 15 is 0 Å². The minimum Gasteiger partial charge on any atom is -0.264 e. The standard InChI is InChI=1S/2C26H17BrN4/c2*27-23-7-1-4-20(14-23)25-15-24(30-26(31-25)22-6-3-13-29-17-22)19-10-8-18(9-11-19)21-5-2-12-28-16-21/h2*1-17H. The number of benzene rings is 4. The molecule has 0 radical (unpaired) electrons. The van der Waals surface area contributed by atoms with E-state index < -0.39 is 0 Å². The molecule has 0 fully saturated rings. The van der Waals surface area contributed by atoms with Crippen LogP contribution in [0.3, 0.4) is 0 Å². The molecule has 0 saturated carbocycles. The van der Waals surface area contributed by atoms with Crippen LogP contribution in [-0.2, 0) is 0 Å². The first kappa shape index (κ1) is 40.0. The summed E-state index contributed by atoms with van der Waals surface area (Å²) in [6.07, 6.45) is 14.4. The summed E-state index contributed by atoms with van der Waals surface area (Å²) in [5.41, 5.74) is 13.7. The van der Waals surface area contributed by atoms with E-state index in [-0.39, 0.29) is 0 Å². The first-order valence-electron chi connectivity index (χ1n) is 19.6. The Kier molecular flexibility index (Phi) is 12.2. The quantitative estimate of drug-likeness (QED) is 0.148. The van der Waals surface area contributed by atoms with Crippen molar-refractivity contribution in [3.63, 3.8) is 0 Å². The van der Waals surface area contributed by atoms with Crippen molar-refractivity contribution in [2.24, 2.45) is 0 Å². The van der Waals surface area contributed by atoms with Crippen molar-refractivity contribution in [2.75, 3.05) is 0 Å². The van der Waals surface area contributed by atoms with Gasteiger partial charge in [-0.15, -0.1) is 0 Å². The van der Waals surface area contributed by atoms with Crippen LogP contribution in [0.25, 0.3) is 90.1 Å². The average molecular weight is 931 g/mol. The van der Waals surface area contributed by atoms with Gasteiger partial charge in [-0.1, -0.05) is 117 Å². The molecule has 6 aromatic heterocycles. The van der Waals surface area contributed by atoms with E-state index in [1.54, 1.807) is 37.2 Å². The summed E-state index contributed by atoms with van der Waals surface area (Å²) in [4.78, 5) is 36.2. The maximum absolute atomic E-state index is 4.85. The van der Waals surface area contributed by atoms with Crippen molar-refractivity contribution in [3.05, 3.63) is 216 Å². The molecule has 0 spiro atoms. The molecular weight excluding hydrogens is 896 g/mol. The highest BCUT2D eigenvalue weighted by Gasteiger charge is 2.13. The fraction of sp³-hybridized carbons (Fsp3) is 0. The van der Waals surface area contributed by atoms with Gasteiger partial charge in [0.1, 0.15) is 0 Å². The molecule has 4 aromatic carbocycles. The molecule has 8 nitrogen and oxygen atoms in total. The van der Waals surface area contributed by atoms with Crippen LogP contribution in [0.2, 0.25) is 0 Å². The molecule has 0 aliphatic rings. The van der Waals surface area contributed by atoms with Gasteiger partial charge in [0.15, 0.2) is 11.6 Å². The van der Waals surface area contributed by atoms with Crippen LogP contribution in [0.4, 0.5) is 0 Å². The van der Waals surface area contributed by atoms with Gasteiger partial charge >= 0.3 is 0 Å². The zero-order valence-corrected chi connectivity index (χ0v) is 36.1. The van der Waals surface area contributed by atoms with E-state index in [4.69, 9.17) is 19.9 Å². The number of nitrogens with zero attached hydrogens (tertiary/aromatic N) is 8. The lowest BCUT2D eigenvalue weighted by Crippen LogP contribution is -1.96. The third-order valence-electron chi connectivity index (χ3n) is 9.88. The second kappa shape index (κ2) is 18.9. The Balaban J connectivity index is 0.000000158. The minimum atomic E-state index is 0.650. The number of halogens is 2. The normalized spacial score (nSPS) is 10.7. The molecule has 6 heterocycles. The molecule has 0 aliphatic heterocycles. The molecule has 0 saturated heterocycles. The van der Waals surface area contributed by atoms with Gasteiger partial charge in [-0.05, 0) is 95.1 Å². The summed E-state index contributed by atoms with van der Waals surface area (Å²) in [6, 6.07) is 52.8. The molecular formula is C52H34Br2N8. The summed E-state index contributed by atoms with van der Waals surface area (Å²) in [5.74, 6) is 1.30. The van der Waals surface area contributed by atoms with Crippen LogP contribution < -0.4 is 0 Å². The van der Waals surface area contributed by atoms with Crippen LogP contribution in [-0.4, -0.2) is 39.9 Å². The Morgan fingerprint density at radius 3 is 0.887 bits per heavy atom. The lowest BCUT2D eigenvalue weighted by molar-refractivity contribution is 1.17. The Hall–Kier alpha value is -7.40. The Morgan fingerprint density at radius 2 is 0.565 bits per heavy atom. The number of rotatable bonds is 8. The summed E-state index contributed by atoms with van der Waals surface area (Å²) < 4.78 is 2.02. The van der Waals surface area contributed by atoms with E-state index in [1.807, 2.05) is 85.2 Å². The average Bonchev–Trinajstić information content (AvgIpc) is 3.35. The van der Waals surface area contributed by atoms with E-state index in [2.05, 4.69) is 137 Å². The largest absolute Gasteiger partial charge is 0.264 e. The van der Waals surface area contributed by atoms with Gasteiger partial charge in [-0.25, -0.2) is 19.9 Å². The first-order valence-corrected chi connectivity index (χ1v) is 21.2. The smallest absolute Gasteiger partial charge is 0.161 e. The third-order valence-corrected chi connectivity index (χ3v) is 10.9. The van der Waals surface area contributed by atoms with Crippen molar-refractivity contribution < 1.29 is 0 Å². The van der Waals surface area contributed by atoms with Crippen molar-refractivity contribution in [1.29, 1.82) is 0 Å². The van der Waals surface area contributed by atoms with Crippen LogP contribution in [0.15, 0.2) is 216 Å². The van der Waals surface area contributed by atoms with Crippen molar-refractivity contribution in [3.8, 4) is 90.1 Å². The maximum atomic E-state index is 4.85. The number of hydrogen-bond acceptors (Lipinski definition) is 8. The minimum absolute atomic E-state index is 0.650. The highest BCUT2D eigenvalue weighted by atomic mass is 79.9. The molecule has 0 amide bonds. The monoisotopic (exact) mass is 928 g/mol. The highest BCUT2D eigenvalue weighted by molar-refractivity contribution is 9.10. The highest BCUT2D eigenvalue weighted by Crippen LogP contribution is 2.32. The van der Waals surface area contributed by atoms with Gasteiger partial charge < -0.3 is 0 Å². The number of hydrogen-bond donors (Lipinski definition) is 0. The zero-order valence-electron chi connectivity index (χ0n) is 33.0.